The number of carbonyl (C=O) groups excluding carboxylic acids is 1. The van der Waals surface area contributed by atoms with Crippen molar-refractivity contribution in [3.63, 3.8) is 0 Å². The molecule has 1 amide bonds. The average molecular weight is 359 g/mol. The van der Waals surface area contributed by atoms with Gasteiger partial charge in [0.05, 0.1) is 17.3 Å². The first-order chi connectivity index (χ1) is 13.1. The first kappa shape index (κ1) is 16.8. The molecule has 0 saturated heterocycles. The van der Waals surface area contributed by atoms with E-state index >= 15 is 0 Å². The van der Waals surface area contributed by atoms with Crippen LogP contribution in [0.4, 0.5) is 0 Å². The Labute approximate surface area is 155 Å². The number of carboxylic acids is 1. The summed E-state index contributed by atoms with van der Waals surface area (Å²) in [5.74, 6) is -1.24. The van der Waals surface area contributed by atoms with Crippen molar-refractivity contribution in [1.29, 1.82) is 0 Å². The number of aromatic carboxylic acids is 1. The molecular weight excluding hydrogens is 342 g/mol. The number of carbonyl (C=O) groups is 2. The van der Waals surface area contributed by atoms with Crippen LogP contribution in [0.3, 0.4) is 0 Å². The van der Waals surface area contributed by atoms with Gasteiger partial charge in [-0.3, -0.25) is 9.78 Å². The molecule has 0 spiro atoms. The van der Waals surface area contributed by atoms with E-state index in [9.17, 15) is 9.59 Å². The topological polar surface area (TPSA) is 84.2 Å². The Morgan fingerprint density at radius 2 is 1.63 bits per heavy atom. The maximum atomic E-state index is 12.3. The number of fused-ring (bicyclic) bond motifs is 3. The van der Waals surface area contributed by atoms with Gasteiger partial charge in [-0.2, -0.15) is 0 Å². The third-order valence-electron chi connectivity index (χ3n) is 4.59. The lowest BCUT2D eigenvalue weighted by atomic mass is 10.1. The van der Waals surface area contributed by atoms with Crippen LogP contribution in [0, 0.1) is 0 Å². The average Bonchev–Trinajstić information content (AvgIpc) is 3.02. The quantitative estimate of drug-likeness (QED) is 0.572. The molecule has 2 aromatic heterocycles. The van der Waals surface area contributed by atoms with Gasteiger partial charge in [-0.1, -0.05) is 18.2 Å². The molecule has 2 N–H and O–H groups in total. The molecule has 2 heterocycles. The molecule has 0 fully saturated rings. The molecule has 6 heteroatoms. The van der Waals surface area contributed by atoms with Crippen LogP contribution in [0.1, 0.15) is 20.7 Å². The smallest absolute Gasteiger partial charge is 0.335 e. The Kier molecular flexibility index (Phi) is 4.30. The van der Waals surface area contributed by atoms with Crippen molar-refractivity contribution < 1.29 is 14.7 Å². The largest absolute Gasteiger partial charge is 0.478 e. The van der Waals surface area contributed by atoms with Gasteiger partial charge in [-0.15, -0.1) is 0 Å². The lowest BCUT2D eigenvalue weighted by Gasteiger charge is -2.09. The van der Waals surface area contributed by atoms with Gasteiger partial charge < -0.3 is 15.0 Å². The van der Waals surface area contributed by atoms with Crippen LogP contribution in [-0.4, -0.2) is 33.1 Å². The van der Waals surface area contributed by atoms with Crippen molar-refractivity contribution in [1.82, 2.24) is 14.9 Å². The number of benzene rings is 2. The number of amides is 1. The second-order valence-electron chi connectivity index (χ2n) is 6.20. The summed E-state index contributed by atoms with van der Waals surface area (Å²) < 4.78 is 2.14. The van der Waals surface area contributed by atoms with E-state index in [-0.39, 0.29) is 11.5 Å². The Morgan fingerprint density at radius 1 is 0.926 bits per heavy atom. The summed E-state index contributed by atoms with van der Waals surface area (Å²) in [7, 11) is 0. The highest BCUT2D eigenvalue weighted by molar-refractivity contribution is 6.07. The van der Waals surface area contributed by atoms with Gasteiger partial charge in [-0.05, 0) is 36.4 Å². The first-order valence-electron chi connectivity index (χ1n) is 8.57. The van der Waals surface area contributed by atoms with Gasteiger partial charge in [0.1, 0.15) is 0 Å². The van der Waals surface area contributed by atoms with Crippen molar-refractivity contribution in [2.24, 2.45) is 0 Å². The number of hydrogen-bond acceptors (Lipinski definition) is 3. The zero-order valence-corrected chi connectivity index (χ0v) is 14.4. The molecule has 0 aliphatic heterocycles. The van der Waals surface area contributed by atoms with Crippen LogP contribution in [0.2, 0.25) is 0 Å². The summed E-state index contributed by atoms with van der Waals surface area (Å²) in [5, 5.41) is 14.1. The van der Waals surface area contributed by atoms with Crippen LogP contribution in [0.15, 0.2) is 67.0 Å². The van der Waals surface area contributed by atoms with Crippen LogP contribution >= 0.6 is 0 Å². The monoisotopic (exact) mass is 359 g/mol. The van der Waals surface area contributed by atoms with E-state index in [4.69, 9.17) is 5.11 Å². The number of rotatable bonds is 5. The van der Waals surface area contributed by atoms with Crippen molar-refractivity contribution in [3.05, 3.63) is 78.1 Å². The van der Waals surface area contributed by atoms with Crippen molar-refractivity contribution >= 4 is 33.7 Å². The predicted molar refractivity (Wildman–Crippen MR) is 103 cm³/mol. The molecule has 0 unspecified atom stereocenters. The van der Waals surface area contributed by atoms with Gasteiger partial charge in [0.2, 0.25) is 0 Å². The van der Waals surface area contributed by atoms with Crippen molar-refractivity contribution in [3.8, 4) is 0 Å². The molecule has 134 valence electrons. The fourth-order valence-corrected chi connectivity index (χ4v) is 3.28. The molecule has 0 aliphatic carbocycles. The van der Waals surface area contributed by atoms with E-state index < -0.39 is 5.97 Å². The first-order valence-corrected chi connectivity index (χ1v) is 8.57. The lowest BCUT2D eigenvalue weighted by Crippen LogP contribution is -2.27. The molecule has 0 bridgehead atoms. The number of nitrogens with zero attached hydrogens (tertiary/aromatic N) is 2. The summed E-state index contributed by atoms with van der Waals surface area (Å²) >= 11 is 0. The molecule has 27 heavy (non-hydrogen) atoms. The van der Waals surface area contributed by atoms with E-state index in [1.165, 1.54) is 24.3 Å². The summed E-state index contributed by atoms with van der Waals surface area (Å²) in [4.78, 5) is 27.4. The highest BCUT2D eigenvalue weighted by Crippen LogP contribution is 2.27. The van der Waals surface area contributed by atoms with Crippen LogP contribution < -0.4 is 5.32 Å². The summed E-state index contributed by atoms with van der Waals surface area (Å²) in [6.07, 6.45) is 3.61. The standard InChI is InChI=1S/C21H17N3O3/c25-20(14-5-7-15(8-6-14)21(26)27)23-11-12-24-18-4-2-1-3-16(18)17-9-10-22-13-19(17)24/h1-10,13H,11-12H2,(H,23,25)(H,26,27). The van der Waals surface area contributed by atoms with Gasteiger partial charge in [0.25, 0.3) is 5.91 Å². The normalized spacial score (nSPS) is 11.0. The van der Waals surface area contributed by atoms with E-state index in [0.717, 1.165) is 21.8 Å². The number of pyridine rings is 1. The number of aromatic nitrogens is 2. The van der Waals surface area contributed by atoms with Crippen LogP contribution in [-0.2, 0) is 6.54 Å². The van der Waals surface area contributed by atoms with E-state index in [0.29, 0.717) is 18.7 Å². The predicted octanol–water partition coefficient (Wildman–Crippen LogP) is 3.32. The van der Waals surface area contributed by atoms with E-state index in [1.54, 1.807) is 6.20 Å². The minimum atomic E-state index is -1.01. The van der Waals surface area contributed by atoms with Crippen molar-refractivity contribution in [2.45, 2.75) is 6.54 Å². The fraction of sp³-hybridized carbons (Fsp3) is 0.0952. The Hall–Kier alpha value is -3.67. The maximum absolute atomic E-state index is 12.3. The third kappa shape index (κ3) is 3.13. The van der Waals surface area contributed by atoms with E-state index in [2.05, 4.69) is 27.0 Å². The zero-order valence-electron chi connectivity index (χ0n) is 14.4. The number of carboxylic acid groups (broad SMARTS) is 1. The molecule has 0 saturated carbocycles. The van der Waals surface area contributed by atoms with Gasteiger partial charge in [0.15, 0.2) is 0 Å². The molecular formula is C21H17N3O3. The van der Waals surface area contributed by atoms with E-state index in [1.807, 2.05) is 24.4 Å². The maximum Gasteiger partial charge on any atom is 0.335 e. The Balaban J connectivity index is 1.52. The number of para-hydroxylation sites is 1. The van der Waals surface area contributed by atoms with Crippen LogP contribution in [0.25, 0.3) is 21.8 Å². The minimum Gasteiger partial charge on any atom is -0.478 e. The number of nitrogens with one attached hydrogen (secondary N) is 1. The van der Waals surface area contributed by atoms with Crippen LogP contribution in [0.5, 0.6) is 0 Å². The van der Waals surface area contributed by atoms with Gasteiger partial charge in [-0.25, -0.2) is 4.79 Å². The van der Waals surface area contributed by atoms with Crippen molar-refractivity contribution in [2.75, 3.05) is 6.54 Å². The molecule has 0 atom stereocenters. The highest BCUT2D eigenvalue weighted by Gasteiger charge is 2.11. The third-order valence-corrected chi connectivity index (χ3v) is 4.59. The molecule has 4 rings (SSSR count). The molecule has 2 aromatic carbocycles. The molecule has 0 aliphatic rings. The fourth-order valence-electron chi connectivity index (χ4n) is 3.28. The van der Waals surface area contributed by atoms with Gasteiger partial charge >= 0.3 is 5.97 Å². The van der Waals surface area contributed by atoms with Gasteiger partial charge in [0, 0.05) is 41.1 Å². The second-order valence-corrected chi connectivity index (χ2v) is 6.20. The second kappa shape index (κ2) is 6.92. The Bertz CT molecular complexity index is 1090. The molecule has 0 radical (unpaired) electrons. The Morgan fingerprint density at radius 3 is 2.41 bits per heavy atom. The SMILES string of the molecule is O=C(O)c1ccc(C(=O)NCCn2c3ccccc3c3ccncc32)cc1. The summed E-state index contributed by atoms with van der Waals surface area (Å²) in [6.45, 7) is 1.05. The minimum absolute atomic E-state index is 0.157. The number of hydrogen-bond donors (Lipinski definition) is 2. The summed E-state index contributed by atoms with van der Waals surface area (Å²) in [5.41, 5.74) is 2.72. The lowest BCUT2D eigenvalue weighted by molar-refractivity contribution is 0.0696. The molecule has 4 aromatic rings. The zero-order chi connectivity index (χ0) is 18.8. The summed E-state index contributed by atoms with van der Waals surface area (Å²) in [6, 6.07) is 16.0. The molecule has 6 nitrogen and oxygen atoms in total. The highest BCUT2D eigenvalue weighted by atomic mass is 16.4.